The van der Waals surface area contributed by atoms with Gasteiger partial charge in [0.15, 0.2) is 5.82 Å². The van der Waals surface area contributed by atoms with E-state index < -0.39 is 23.3 Å². The van der Waals surface area contributed by atoms with Gasteiger partial charge in [-0.05, 0) is 59.7 Å². The molecule has 0 radical (unpaired) electrons. The minimum absolute atomic E-state index is 0.0447. The van der Waals surface area contributed by atoms with Crippen molar-refractivity contribution in [2.75, 3.05) is 0 Å². The first-order valence-corrected chi connectivity index (χ1v) is 12.0. The number of para-hydroxylation sites is 1. The largest absolute Gasteiger partial charge is 0.489 e. The zero-order chi connectivity index (χ0) is 28.3. The number of fused-ring (bicyclic) bond motifs is 1. The lowest BCUT2D eigenvalue weighted by Crippen LogP contribution is -2.20. The van der Waals surface area contributed by atoms with Gasteiger partial charge in [-0.1, -0.05) is 48.5 Å². The van der Waals surface area contributed by atoms with Crippen molar-refractivity contribution in [3.63, 3.8) is 0 Å². The molecule has 0 saturated carbocycles. The number of halogens is 3. The molecule has 7 nitrogen and oxygen atoms in total. The average Bonchev–Trinajstić information content (AvgIpc) is 2.95. The van der Waals surface area contributed by atoms with Crippen molar-refractivity contribution in [3.05, 3.63) is 130 Å². The molecule has 5 aromatic rings. The number of alkyl halides is 3. The Hall–Kier alpha value is -5.25. The van der Waals surface area contributed by atoms with Crippen LogP contribution in [0.2, 0.25) is 0 Å². The van der Waals surface area contributed by atoms with Crippen molar-refractivity contribution < 1.29 is 27.8 Å². The smallest absolute Gasteiger partial charge is 0.416 e. The van der Waals surface area contributed by atoms with E-state index in [1.165, 1.54) is 30.5 Å². The SMILES string of the molecule is O=C(O)c1cccc(COc2cccc(C=Nn3c(-c4cccc(C(F)(F)F)c4)nc4ccccc4c3=O)c2)c1. The Kier molecular flexibility index (Phi) is 7.15. The lowest BCUT2D eigenvalue weighted by molar-refractivity contribution is -0.137. The highest BCUT2D eigenvalue weighted by atomic mass is 19.4. The highest BCUT2D eigenvalue weighted by molar-refractivity contribution is 5.87. The van der Waals surface area contributed by atoms with E-state index in [1.807, 2.05) is 0 Å². The molecule has 0 spiro atoms. The van der Waals surface area contributed by atoms with Gasteiger partial charge < -0.3 is 9.84 Å². The first-order chi connectivity index (χ1) is 19.2. The van der Waals surface area contributed by atoms with Gasteiger partial charge in [0.05, 0.1) is 28.2 Å². The minimum Gasteiger partial charge on any atom is -0.489 e. The summed E-state index contributed by atoms with van der Waals surface area (Å²) in [7, 11) is 0. The Morgan fingerprint density at radius 3 is 2.52 bits per heavy atom. The summed E-state index contributed by atoms with van der Waals surface area (Å²) in [6.07, 6.45) is -3.19. The van der Waals surface area contributed by atoms with Crippen molar-refractivity contribution in [3.8, 4) is 17.1 Å². The molecule has 0 aliphatic carbocycles. The standard InChI is InChI=1S/C30H20F3N3O4/c31-30(32,33)23-10-5-8-21(16-23)27-35-26-13-2-1-12-25(26)28(37)36(27)34-17-19-6-4-11-24(15-19)40-18-20-7-3-9-22(14-20)29(38)39/h1-17H,18H2,(H,38,39). The van der Waals surface area contributed by atoms with Gasteiger partial charge in [-0.3, -0.25) is 4.79 Å². The van der Waals surface area contributed by atoms with Crippen LogP contribution in [-0.4, -0.2) is 27.0 Å². The quantitative estimate of drug-likeness (QED) is 0.245. The predicted octanol–water partition coefficient (Wildman–Crippen LogP) is 6.24. The van der Waals surface area contributed by atoms with E-state index in [4.69, 9.17) is 9.84 Å². The number of aromatic carboxylic acids is 1. The van der Waals surface area contributed by atoms with Gasteiger partial charge in [0.25, 0.3) is 5.56 Å². The van der Waals surface area contributed by atoms with Gasteiger partial charge >= 0.3 is 12.1 Å². The van der Waals surface area contributed by atoms with E-state index >= 15 is 0 Å². The number of carboxylic acid groups (broad SMARTS) is 1. The van der Waals surface area contributed by atoms with Gasteiger partial charge in [0.2, 0.25) is 0 Å². The molecule has 200 valence electrons. The van der Waals surface area contributed by atoms with E-state index in [-0.39, 0.29) is 28.9 Å². The van der Waals surface area contributed by atoms with Crippen molar-refractivity contribution in [2.45, 2.75) is 12.8 Å². The van der Waals surface area contributed by atoms with Crippen LogP contribution in [0.15, 0.2) is 107 Å². The summed E-state index contributed by atoms with van der Waals surface area (Å²) in [5.41, 5.74) is 0.351. The molecule has 0 amide bonds. The lowest BCUT2D eigenvalue weighted by atomic mass is 10.1. The van der Waals surface area contributed by atoms with Gasteiger partial charge in [0, 0.05) is 5.56 Å². The number of carbonyl (C=O) groups is 1. The van der Waals surface area contributed by atoms with Crippen LogP contribution in [0.3, 0.4) is 0 Å². The molecule has 4 aromatic carbocycles. The summed E-state index contributed by atoms with van der Waals surface area (Å²) < 4.78 is 47.0. The predicted molar refractivity (Wildman–Crippen MR) is 144 cm³/mol. The Labute approximate surface area is 225 Å². The van der Waals surface area contributed by atoms with Crippen molar-refractivity contribution in [2.24, 2.45) is 5.10 Å². The fourth-order valence-corrected chi connectivity index (χ4v) is 4.02. The van der Waals surface area contributed by atoms with Gasteiger partial charge in [0.1, 0.15) is 12.4 Å². The third kappa shape index (κ3) is 5.75. The highest BCUT2D eigenvalue weighted by Crippen LogP contribution is 2.32. The second-order valence-corrected chi connectivity index (χ2v) is 8.76. The van der Waals surface area contributed by atoms with Crippen LogP contribution in [-0.2, 0) is 12.8 Å². The third-order valence-corrected chi connectivity index (χ3v) is 5.96. The molecule has 10 heteroatoms. The van der Waals surface area contributed by atoms with Crippen LogP contribution in [0, 0.1) is 0 Å². The highest BCUT2D eigenvalue weighted by Gasteiger charge is 2.31. The molecule has 0 aliphatic rings. The third-order valence-electron chi connectivity index (χ3n) is 5.96. The molecule has 0 fully saturated rings. The summed E-state index contributed by atoms with van der Waals surface area (Å²) in [4.78, 5) is 29.0. The number of ether oxygens (including phenoxy) is 1. The number of carboxylic acids is 1. The number of hydrogen-bond acceptors (Lipinski definition) is 5. The molecule has 1 heterocycles. The molecule has 0 aliphatic heterocycles. The number of hydrogen-bond donors (Lipinski definition) is 1. The molecule has 40 heavy (non-hydrogen) atoms. The molecular weight excluding hydrogens is 523 g/mol. The summed E-state index contributed by atoms with van der Waals surface area (Å²) >= 11 is 0. The van der Waals surface area contributed by atoms with Crippen LogP contribution >= 0.6 is 0 Å². The van der Waals surface area contributed by atoms with Gasteiger partial charge in [-0.15, -0.1) is 0 Å². The molecule has 5 rings (SSSR count). The topological polar surface area (TPSA) is 93.8 Å². The Balaban J connectivity index is 1.49. The van der Waals surface area contributed by atoms with E-state index in [2.05, 4.69) is 10.1 Å². The van der Waals surface area contributed by atoms with E-state index in [9.17, 15) is 22.8 Å². The lowest BCUT2D eigenvalue weighted by Gasteiger charge is -2.12. The van der Waals surface area contributed by atoms with Crippen LogP contribution in [0.1, 0.15) is 27.0 Å². The van der Waals surface area contributed by atoms with Crippen LogP contribution < -0.4 is 10.3 Å². The summed E-state index contributed by atoms with van der Waals surface area (Å²) in [5.74, 6) is -0.619. The Morgan fingerprint density at radius 1 is 0.950 bits per heavy atom. The van der Waals surface area contributed by atoms with Crippen molar-refractivity contribution >= 4 is 23.1 Å². The molecule has 0 unspecified atom stereocenters. The second-order valence-electron chi connectivity index (χ2n) is 8.76. The number of rotatable bonds is 7. The first-order valence-electron chi connectivity index (χ1n) is 12.0. The van der Waals surface area contributed by atoms with E-state index in [1.54, 1.807) is 60.7 Å². The van der Waals surface area contributed by atoms with Crippen LogP contribution in [0.4, 0.5) is 13.2 Å². The fraction of sp³-hybridized carbons (Fsp3) is 0.0667. The van der Waals surface area contributed by atoms with Crippen molar-refractivity contribution in [1.29, 1.82) is 0 Å². The van der Waals surface area contributed by atoms with Crippen LogP contribution in [0.5, 0.6) is 5.75 Å². The number of aromatic nitrogens is 2. The van der Waals surface area contributed by atoms with E-state index in [0.29, 0.717) is 22.4 Å². The number of nitrogens with zero attached hydrogens (tertiary/aromatic N) is 3. The molecule has 1 N–H and O–H groups in total. The minimum atomic E-state index is -4.57. The maximum absolute atomic E-state index is 13.4. The Bertz CT molecular complexity index is 1810. The van der Waals surface area contributed by atoms with E-state index in [0.717, 1.165) is 16.8 Å². The van der Waals surface area contributed by atoms with Gasteiger partial charge in [-0.25, -0.2) is 9.78 Å². The Morgan fingerprint density at radius 2 is 1.73 bits per heavy atom. The second kappa shape index (κ2) is 10.9. The normalized spacial score (nSPS) is 11.7. The molecule has 0 atom stereocenters. The first kappa shape index (κ1) is 26.4. The fourth-order valence-electron chi connectivity index (χ4n) is 4.02. The average molecular weight is 544 g/mol. The monoisotopic (exact) mass is 543 g/mol. The molecule has 0 bridgehead atoms. The van der Waals surface area contributed by atoms with Crippen LogP contribution in [0.25, 0.3) is 22.3 Å². The summed E-state index contributed by atoms with van der Waals surface area (Å²) in [6.45, 7) is 0.120. The summed E-state index contributed by atoms with van der Waals surface area (Å²) in [5, 5.41) is 13.7. The molecule has 0 saturated heterocycles. The summed E-state index contributed by atoms with van der Waals surface area (Å²) in [6, 6.07) is 24.2. The maximum atomic E-state index is 13.4. The molecule has 1 aromatic heterocycles. The zero-order valence-corrected chi connectivity index (χ0v) is 20.7. The molecular formula is C30H20F3N3O4. The van der Waals surface area contributed by atoms with Gasteiger partial charge in [-0.2, -0.15) is 22.9 Å². The number of benzene rings is 4. The maximum Gasteiger partial charge on any atom is 0.416 e. The van der Waals surface area contributed by atoms with Crippen molar-refractivity contribution in [1.82, 2.24) is 9.66 Å². The zero-order valence-electron chi connectivity index (χ0n) is 20.7.